The highest BCUT2D eigenvalue weighted by Gasteiger charge is 2.39. The third kappa shape index (κ3) is 5.14. The van der Waals surface area contributed by atoms with Crippen molar-refractivity contribution in [2.45, 2.75) is 94.0 Å². The van der Waals surface area contributed by atoms with E-state index < -0.39 is 15.6 Å². The van der Waals surface area contributed by atoms with Crippen LogP contribution in [-0.2, 0) is 15.6 Å². The number of amides is 1. The Morgan fingerprint density at radius 3 is 2.39 bits per heavy atom. The van der Waals surface area contributed by atoms with E-state index >= 15 is 0 Å². The van der Waals surface area contributed by atoms with E-state index in [4.69, 9.17) is 4.52 Å². The summed E-state index contributed by atoms with van der Waals surface area (Å²) in [5.41, 5.74) is -0.393. The first-order valence-corrected chi connectivity index (χ1v) is 13.5. The second-order valence-corrected chi connectivity index (χ2v) is 11.4. The molecule has 0 bridgehead atoms. The minimum absolute atomic E-state index is 0.0111. The van der Waals surface area contributed by atoms with Gasteiger partial charge in [0.1, 0.15) is 5.54 Å². The minimum Gasteiger partial charge on any atom is -0.340 e. The first-order valence-electron chi connectivity index (χ1n) is 12.0. The smallest absolute Gasteiger partial charge is 0.252 e. The lowest BCUT2D eigenvalue weighted by molar-refractivity contribution is 0.0876. The molecular formula is C24H34N4O4S. The predicted octanol–water partition coefficient (Wildman–Crippen LogP) is 4.31. The molecular weight excluding hydrogens is 440 g/mol. The molecule has 9 heteroatoms. The number of sulfonamides is 1. The fraction of sp³-hybridized carbons (Fsp3) is 0.625. The largest absolute Gasteiger partial charge is 0.340 e. The topological polar surface area (TPSA) is 105 Å². The predicted molar refractivity (Wildman–Crippen MR) is 124 cm³/mol. The molecule has 2 aliphatic rings. The van der Waals surface area contributed by atoms with Crippen molar-refractivity contribution in [1.29, 1.82) is 0 Å². The maximum absolute atomic E-state index is 13.4. The molecule has 1 amide bonds. The van der Waals surface area contributed by atoms with Gasteiger partial charge in [-0.1, -0.05) is 56.2 Å². The highest BCUT2D eigenvalue weighted by Crippen LogP contribution is 2.35. The average Bonchev–Trinajstić information content (AvgIpc) is 3.14. The second kappa shape index (κ2) is 9.93. The van der Waals surface area contributed by atoms with Crippen molar-refractivity contribution in [2.75, 3.05) is 7.05 Å². The van der Waals surface area contributed by atoms with Crippen molar-refractivity contribution in [3.8, 4) is 0 Å². The summed E-state index contributed by atoms with van der Waals surface area (Å²) in [4.78, 5) is 17.9. The number of aromatic nitrogens is 2. The Kier molecular flexibility index (Phi) is 7.19. The van der Waals surface area contributed by atoms with Gasteiger partial charge in [0, 0.05) is 25.6 Å². The molecule has 4 rings (SSSR count). The average molecular weight is 475 g/mol. The number of carbonyl (C=O) groups excluding carboxylic acids is 1. The van der Waals surface area contributed by atoms with Crippen LogP contribution in [0.5, 0.6) is 0 Å². The van der Waals surface area contributed by atoms with Gasteiger partial charge in [0.2, 0.25) is 15.9 Å². The molecule has 2 saturated carbocycles. The summed E-state index contributed by atoms with van der Waals surface area (Å²) in [5, 5.41) is 7.29. The Balaban J connectivity index is 1.58. The zero-order chi connectivity index (χ0) is 23.5. The Morgan fingerprint density at radius 1 is 1.09 bits per heavy atom. The number of aryl methyl sites for hydroxylation is 1. The molecule has 0 saturated heterocycles. The molecule has 1 N–H and O–H groups in total. The van der Waals surface area contributed by atoms with Crippen LogP contribution in [0.1, 0.15) is 92.7 Å². The maximum Gasteiger partial charge on any atom is 0.252 e. The number of hydrogen-bond acceptors (Lipinski definition) is 6. The van der Waals surface area contributed by atoms with Gasteiger partial charge in [-0.15, -0.1) is 0 Å². The quantitative estimate of drug-likeness (QED) is 0.626. The first-order chi connectivity index (χ1) is 15.8. The summed E-state index contributed by atoms with van der Waals surface area (Å²) >= 11 is 0. The van der Waals surface area contributed by atoms with Gasteiger partial charge in [0.15, 0.2) is 5.82 Å². The molecule has 1 aromatic heterocycles. The summed E-state index contributed by atoms with van der Waals surface area (Å²) in [6.45, 7) is 1.74. The molecule has 0 aliphatic heterocycles. The molecule has 8 nitrogen and oxygen atoms in total. The molecule has 2 fully saturated rings. The summed E-state index contributed by atoms with van der Waals surface area (Å²) in [6, 6.07) is 6.35. The molecule has 180 valence electrons. The van der Waals surface area contributed by atoms with Crippen LogP contribution in [-0.4, -0.2) is 41.9 Å². The van der Waals surface area contributed by atoms with Gasteiger partial charge in [0.25, 0.3) is 5.91 Å². The van der Waals surface area contributed by atoms with Crippen molar-refractivity contribution in [3.63, 3.8) is 0 Å². The molecule has 33 heavy (non-hydrogen) atoms. The number of rotatable bonds is 6. The fourth-order valence-corrected chi connectivity index (χ4v) is 6.59. The highest BCUT2D eigenvalue weighted by molar-refractivity contribution is 7.89. The third-order valence-electron chi connectivity index (χ3n) is 7.13. The Hall–Kier alpha value is -2.26. The lowest BCUT2D eigenvalue weighted by Crippen LogP contribution is -2.46. The van der Waals surface area contributed by atoms with Crippen molar-refractivity contribution in [3.05, 3.63) is 41.5 Å². The van der Waals surface area contributed by atoms with Crippen molar-refractivity contribution in [1.82, 2.24) is 19.8 Å². The molecule has 1 heterocycles. The van der Waals surface area contributed by atoms with E-state index in [1.54, 1.807) is 32.2 Å². The standard InChI is InChI=1S/C24H34N4O4S/c1-18-25-23(27-32-18)24(15-8-3-4-9-16-24)26-22(29)19-11-10-14-21(17-19)33(30,31)28(2)20-12-6-5-7-13-20/h10-11,14,17,20H,3-9,12-13,15-16H2,1-2H3,(H,26,29). The van der Waals surface area contributed by atoms with E-state index in [9.17, 15) is 13.2 Å². The van der Waals surface area contributed by atoms with Crippen LogP contribution in [0.2, 0.25) is 0 Å². The third-order valence-corrected chi connectivity index (χ3v) is 9.03. The lowest BCUT2D eigenvalue weighted by Gasteiger charge is -2.31. The van der Waals surface area contributed by atoms with E-state index in [1.165, 1.54) is 10.4 Å². The van der Waals surface area contributed by atoms with Crippen LogP contribution in [0.15, 0.2) is 33.7 Å². The van der Waals surface area contributed by atoms with Crippen LogP contribution in [0, 0.1) is 6.92 Å². The normalized spacial score (nSPS) is 19.8. The number of hydrogen-bond donors (Lipinski definition) is 1. The Labute approximate surface area is 196 Å². The van der Waals surface area contributed by atoms with Crippen LogP contribution in [0.3, 0.4) is 0 Å². The second-order valence-electron chi connectivity index (χ2n) is 9.43. The number of nitrogens with zero attached hydrogens (tertiary/aromatic N) is 3. The fourth-order valence-electron chi connectivity index (χ4n) is 5.12. The van der Waals surface area contributed by atoms with Crippen LogP contribution in [0.4, 0.5) is 0 Å². The molecule has 2 aliphatic carbocycles. The van der Waals surface area contributed by atoms with E-state index in [0.717, 1.165) is 70.6 Å². The van der Waals surface area contributed by atoms with Gasteiger partial charge in [0.05, 0.1) is 4.90 Å². The Bertz CT molecular complexity index is 1070. The van der Waals surface area contributed by atoms with Gasteiger partial charge in [-0.05, 0) is 43.9 Å². The molecule has 0 spiro atoms. The maximum atomic E-state index is 13.4. The van der Waals surface area contributed by atoms with E-state index in [-0.39, 0.29) is 16.8 Å². The molecule has 0 unspecified atom stereocenters. The Morgan fingerprint density at radius 2 is 1.76 bits per heavy atom. The molecule has 0 atom stereocenters. The number of nitrogens with one attached hydrogen (secondary N) is 1. The minimum atomic E-state index is -3.68. The number of benzene rings is 1. The van der Waals surface area contributed by atoms with Crippen LogP contribution < -0.4 is 5.32 Å². The zero-order valence-corrected chi connectivity index (χ0v) is 20.4. The van der Waals surface area contributed by atoms with Gasteiger partial charge < -0.3 is 9.84 Å². The summed E-state index contributed by atoms with van der Waals surface area (Å²) in [5.74, 6) is 0.634. The highest BCUT2D eigenvalue weighted by atomic mass is 32.2. The number of carbonyl (C=O) groups is 1. The van der Waals surface area contributed by atoms with E-state index in [1.807, 2.05) is 0 Å². The monoisotopic (exact) mass is 474 g/mol. The van der Waals surface area contributed by atoms with Crippen molar-refractivity contribution >= 4 is 15.9 Å². The van der Waals surface area contributed by atoms with E-state index in [2.05, 4.69) is 15.5 Å². The van der Waals surface area contributed by atoms with E-state index in [0.29, 0.717) is 17.3 Å². The molecule has 2 aromatic rings. The van der Waals surface area contributed by atoms with Gasteiger partial charge in [-0.3, -0.25) is 4.79 Å². The van der Waals surface area contributed by atoms with Crippen molar-refractivity contribution in [2.24, 2.45) is 0 Å². The first kappa shape index (κ1) is 23.9. The van der Waals surface area contributed by atoms with Gasteiger partial charge >= 0.3 is 0 Å². The van der Waals surface area contributed by atoms with Gasteiger partial charge in [-0.25, -0.2) is 8.42 Å². The molecule has 1 aromatic carbocycles. The summed E-state index contributed by atoms with van der Waals surface area (Å²) in [7, 11) is -2.03. The molecule has 0 radical (unpaired) electrons. The van der Waals surface area contributed by atoms with Crippen LogP contribution in [0.25, 0.3) is 0 Å². The van der Waals surface area contributed by atoms with Gasteiger partial charge in [-0.2, -0.15) is 9.29 Å². The SMILES string of the molecule is Cc1nc(C2(NC(=O)c3cccc(S(=O)(=O)N(C)C4CCCCC4)c3)CCCCCC2)no1. The summed E-state index contributed by atoms with van der Waals surface area (Å²) < 4.78 is 33.3. The lowest BCUT2D eigenvalue weighted by atomic mass is 9.88. The zero-order valence-electron chi connectivity index (χ0n) is 19.5. The van der Waals surface area contributed by atoms with Crippen molar-refractivity contribution < 1.29 is 17.7 Å². The van der Waals surface area contributed by atoms with Crippen LogP contribution >= 0.6 is 0 Å². The summed E-state index contributed by atoms with van der Waals surface area (Å²) in [6.07, 6.45) is 10.5.